The van der Waals surface area contributed by atoms with Gasteiger partial charge in [-0.05, 0) is 18.1 Å². The molecular formula is C13H20N2O5S2. The molecule has 1 aromatic rings. The lowest BCUT2D eigenvalue weighted by Gasteiger charge is -2.16. The molecule has 9 heteroatoms. The van der Waals surface area contributed by atoms with Crippen molar-refractivity contribution < 1.29 is 21.6 Å². The van der Waals surface area contributed by atoms with Crippen molar-refractivity contribution in [3.63, 3.8) is 0 Å². The Balaban J connectivity index is 2.21. The first-order valence-corrected chi connectivity index (χ1v) is 9.80. The van der Waals surface area contributed by atoms with Gasteiger partial charge in [0.05, 0.1) is 11.5 Å². The number of nitrogens with one attached hydrogen (secondary N) is 1. The number of benzene rings is 1. The van der Waals surface area contributed by atoms with Gasteiger partial charge >= 0.3 is 0 Å². The molecule has 1 unspecified atom stereocenters. The summed E-state index contributed by atoms with van der Waals surface area (Å²) < 4.78 is 57.5. The van der Waals surface area contributed by atoms with Gasteiger partial charge < -0.3 is 4.74 Å². The molecule has 1 aliphatic heterocycles. The smallest absolute Gasteiger partial charge is 0.242 e. The van der Waals surface area contributed by atoms with Crippen molar-refractivity contribution in [2.45, 2.75) is 23.1 Å². The predicted molar refractivity (Wildman–Crippen MR) is 82.3 cm³/mol. The first kappa shape index (κ1) is 17.4. The van der Waals surface area contributed by atoms with E-state index in [0.717, 1.165) is 4.31 Å². The first-order valence-electron chi connectivity index (χ1n) is 6.82. The summed E-state index contributed by atoms with van der Waals surface area (Å²) in [6.45, 7) is 0.534. The average molecular weight is 348 g/mol. The molecule has 1 aromatic carbocycles. The number of hydrogen-bond acceptors (Lipinski definition) is 5. The fourth-order valence-electron chi connectivity index (χ4n) is 2.15. The Labute approximate surface area is 131 Å². The molecule has 1 fully saturated rings. The number of ether oxygens (including phenoxy) is 1. The molecule has 0 aromatic heterocycles. The summed E-state index contributed by atoms with van der Waals surface area (Å²) >= 11 is 0. The van der Waals surface area contributed by atoms with E-state index in [0.29, 0.717) is 18.6 Å². The van der Waals surface area contributed by atoms with E-state index in [1.54, 1.807) is 18.2 Å². The standard InChI is InChI=1S/C13H20N2O5S2/c1-15(2)22(18,19)13-6-4-3-5-11(13)9-14-21(16,17)12-7-8-20-10-12/h3-6,12,14H,7-10H2,1-2H3. The van der Waals surface area contributed by atoms with Crippen LogP contribution in [0.1, 0.15) is 12.0 Å². The molecule has 1 aliphatic rings. The van der Waals surface area contributed by atoms with E-state index in [1.807, 2.05) is 0 Å². The highest BCUT2D eigenvalue weighted by Crippen LogP contribution is 2.19. The normalized spacial score (nSPS) is 19.7. The number of rotatable bonds is 6. The zero-order valence-corrected chi connectivity index (χ0v) is 14.2. The molecule has 1 N–H and O–H groups in total. The van der Waals surface area contributed by atoms with Crippen molar-refractivity contribution in [3.8, 4) is 0 Å². The molecule has 124 valence electrons. The fraction of sp³-hybridized carbons (Fsp3) is 0.538. The molecule has 1 atom stereocenters. The summed E-state index contributed by atoms with van der Waals surface area (Å²) in [6, 6.07) is 6.36. The van der Waals surface area contributed by atoms with Crippen LogP contribution in [0.5, 0.6) is 0 Å². The Hall–Kier alpha value is -1.00. The quantitative estimate of drug-likeness (QED) is 0.790. The average Bonchev–Trinajstić information content (AvgIpc) is 3.00. The number of nitrogens with zero attached hydrogens (tertiary/aromatic N) is 1. The molecule has 1 heterocycles. The highest BCUT2D eigenvalue weighted by molar-refractivity contribution is 7.90. The third-order valence-electron chi connectivity index (χ3n) is 3.52. The molecule has 22 heavy (non-hydrogen) atoms. The van der Waals surface area contributed by atoms with E-state index in [-0.39, 0.29) is 18.0 Å². The summed E-state index contributed by atoms with van der Waals surface area (Å²) in [7, 11) is -4.27. The topological polar surface area (TPSA) is 92.8 Å². The van der Waals surface area contributed by atoms with Crippen molar-refractivity contribution in [3.05, 3.63) is 29.8 Å². The number of hydrogen-bond donors (Lipinski definition) is 1. The highest BCUT2D eigenvalue weighted by Gasteiger charge is 2.30. The van der Waals surface area contributed by atoms with Crippen LogP contribution in [0.3, 0.4) is 0 Å². The summed E-state index contributed by atoms with van der Waals surface area (Å²) in [6.07, 6.45) is 0.451. The van der Waals surface area contributed by atoms with Gasteiger partial charge in [0.15, 0.2) is 0 Å². The third kappa shape index (κ3) is 3.66. The summed E-state index contributed by atoms with van der Waals surface area (Å²) in [5.41, 5.74) is 0.415. The Morgan fingerprint density at radius 2 is 1.91 bits per heavy atom. The molecule has 0 aliphatic carbocycles. The zero-order valence-electron chi connectivity index (χ0n) is 12.5. The predicted octanol–water partition coefficient (Wildman–Crippen LogP) is 0.145. The van der Waals surface area contributed by atoms with Gasteiger partial charge in [0.1, 0.15) is 5.25 Å². The molecule has 7 nitrogen and oxygen atoms in total. The number of sulfonamides is 2. The minimum absolute atomic E-state index is 0.0674. The molecule has 1 saturated heterocycles. The molecule has 0 amide bonds. The van der Waals surface area contributed by atoms with Gasteiger partial charge in [-0.3, -0.25) is 0 Å². The van der Waals surface area contributed by atoms with Crippen molar-refractivity contribution in [2.24, 2.45) is 0 Å². The van der Waals surface area contributed by atoms with Crippen molar-refractivity contribution in [2.75, 3.05) is 27.3 Å². The minimum atomic E-state index is -3.62. The fourth-order valence-corrected chi connectivity index (χ4v) is 4.54. The second-order valence-electron chi connectivity index (χ2n) is 5.25. The van der Waals surface area contributed by atoms with E-state index in [1.165, 1.54) is 20.2 Å². The Morgan fingerprint density at radius 1 is 1.23 bits per heavy atom. The second-order valence-corrected chi connectivity index (χ2v) is 9.41. The van der Waals surface area contributed by atoms with Crippen LogP contribution in [-0.4, -0.2) is 53.7 Å². The van der Waals surface area contributed by atoms with E-state index in [2.05, 4.69) is 4.72 Å². The van der Waals surface area contributed by atoms with Gasteiger partial charge in [0.25, 0.3) is 0 Å². The first-order chi connectivity index (χ1) is 10.2. The van der Waals surface area contributed by atoms with E-state index in [9.17, 15) is 16.8 Å². The monoisotopic (exact) mass is 348 g/mol. The summed E-state index contributed by atoms with van der Waals surface area (Å²) in [4.78, 5) is 0.102. The summed E-state index contributed by atoms with van der Waals surface area (Å²) in [5.74, 6) is 0. The zero-order chi connectivity index (χ0) is 16.4. The molecule has 0 bridgehead atoms. The molecule has 0 radical (unpaired) electrons. The van der Waals surface area contributed by atoms with Crippen molar-refractivity contribution >= 4 is 20.0 Å². The lowest BCUT2D eigenvalue weighted by molar-refractivity contribution is 0.198. The lowest BCUT2D eigenvalue weighted by Crippen LogP contribution is -2.34. The lowest BCUT2D eigenvalue weighted by atomic mass is 10.2. The molecular weight excluding hydrogens is 328 g/mol. The Morgan fingerprint density at radius 3 is 2.50 bits per heavy atom. The van der Waals surface area contributed by atoms with Gasteiger partial charge in [-0.2, -0.15) is 0 Å². The van der Waals surface area contributed by atoms with Gasteiger partial charge in [0.2, 0.25) is 20.0 Å². The van der Waals surface area contributed by atoms with Crippen LogP contribution in [0.15, 0.2) is 29.2 Å². The summed E-state index contributed by atoms with van der Waals surface area (Å²) in [5, 5.41) is -0.579. The van der Waals surface area contributed by atoms with E-state index in [4.69, 9.17) is 4.74 Å². The molecule has 0 saturated carbocycles. The van der Waals surface area contributed by atoms with Crippen LogP contribution in [0.4, 0.5) is 0 Å². The molecule has 2 rings (SSSR count). The SMILES string of the molecule is CN(C)S(=O)(=O)c1ccccc1CNS(=O)(=O)C1CCOC1. The maximum absolute atomic E-state index is 12.3. The highest BCUT2D eigenvalue weighted by atomic mass is 32.2. The largest absolute Gasteiger partial charge is 0.380 e. The van der Waals surface area contributed by atoms with E-state index >= 15 is 0 Å². The minimum Gasteiger partial charge on any atom is -0.380 e. The Bertz CT molecular complexity index is 723. The van der Waals surface area contributed by atoms with Crippen LogP contribution in [0.2, 0.25) is 0 Å². The van der Waals surface area contributed by atoms with Gasteiger partial charge in [-0.15, -0.1) is 0 Å². The van der Waals surface area contributed by atoms with Crippen LogP contribution in [0.25, 0.3) is 0 Å². The van der Waals surface area contributed by atoms with Crippen molar-refractivity contribution in [1.82, 2.24) is 9.03 Å². The molecule has 0 spiro atoms. The van der Waals surface area contributed by atoms with Crippen LogP contribution >= 0.6 is 0 Å². The van der Waals surface area contributed by atoms with Crippen LogP contribution < -0.4 is 4.72 Å². The Kier molecular flexibility index (Phi) is 5.23. The van der Waals surface area contributed by atoms with Crippen LogP contribution in [-0.2, 0) is 31.3 Å². The third-order valence-corrected chi connectivity index (χ3v) is 7.23. The van der Waals surface area contributed by atoms with Gasteiger partial charge in [0, 0.05) is 27.2 Å². The maximum atomic E-state index is 12.3. The maximum Gasteiger partial charge on any atom is 0.242 e. The van der Waals surface area contributed by atoms with E-state index < -0.39 is 25.3 Å². The van der Waals surface area contributed by atoms with Crippen LogP contribution in [0, 0.1) is 0 Å². The van der Waals surface area contributed by atoms with Gasteiger partial charge in [-0.1, -0.05) is 18.2 Å². The van der Waals surface area contributed by atoms with Gasteiger partial charge in [-0.25, -0.2) is 25.9 Å². The second kappa shape index (κ2) is 6.63. The van der Waals surface area contributed by atoms with Crippen molar-refractivity contribution in [1.29, 1.82) is 0 Å².